The molecule has 0 saturated heterocycles. The van der Waals surface area contributed by atoms with Gasteiger partial charge < -0.3 is 10.4 Å². The van der Waals surface area contributed by atoms with Gasteiger partial charge in [0.05, 0.1) is 0 Å². The van der Waals surface area contributed by atoms with Crippen LogP contribution in [0.25, 0.3) is 0 Å². The van der Waals surface area contributed by atoms with E-state index in [1.165, 1.54) is 0 Å². The molecule has 1 aromatic rings. The first-order chi connectivity index (χ1) is 8.08. The normalized spacial score (nSPS) is 16.3. The van der Waals surface area contributed by atoms with Crippen molar-refractivity contribution in [1.29, 1.82) is 0 Å². The number of carboxylic acids is 1. The molecule has 1 aliphatic rings. The number of rotatable bonds is 4. The molecule has 0 spiro atoms. The minimum absolute atomic E-state index is 0.0897. The molecule has 1 atom stereocenters. The van der Waals surface area contributed by atoms with Gasteiger partial charge in [-0.3, -0.25) is 4.79 Å². The van der Waals surface area contributed by atoms with Gasteiger partial charge in [0.25, 0.3) is 5.91 Å². The van der Waals surface area contributed by atoms with Crippen LogP contribution in [0.5, 0.6) is 0 Å². The Kier molecular flexibility index (Phi) is 3.47. The van der Waals surface area contributed by atoms with Crippen molar-refractivity contribution in [2.24, 2.45) is 5.92 Å². The van der Waals surface area contributed by atoms with Gasteiger partial charge in [0.15, 0.2) is 0 Å². The van der Waals surface area contributed by atoms with E-state index in [2.05, 4.69) is 21.2 Å². The number of hydrogen-bond acceptors (Lipinski definition) is 2. The number of carbonyl (C=O) groups excluding carboxylic acids is 1. The summed E-state index contributed by atoms with van der Waals surface area (Å²) in [6.07, 6.45) is 1.75. The molecule has 4 nitrogen and oxygen atoms in total. The molecular weight excluding hydrogens is 286 g/mol. The van der Waals surface area contributed by atoms with Crippen LogP contribution in [0.1, 0.15) is 23.2 Å². The van der Waals surface area contributed by atoms with Crippen molar-refractivity contribution in [3.8, 4) is 0 Å². The molecule has 17 heavy (non-hydrogen) atoms. The van der Waals surface area contributed by atoms with E-state index in [0.29, 0.717) is 5.56 Å². The second kappa shape index (κ2) is 4.87. The maximum atomic E-state index is 11.8. The van der Waals surface area contributed by atoms with E-state index in [1.54, 1.807) is 24.3 Å². The van der Waals surface area contributed by atoms with E-state index in [1.807, 2.05) is 0 Å². The third-order valence-electron chi connectivity index (χ3n) is 2.75. The zero-order valence-electron chi connectivity index (χ0n) is 9.02. The van der Waals surface area contributed by atoms with Crippen molar-refractivity contribution in [3.63, 3.8) is 0 Å². The van der Waals surface area contributed by atoms with Gasteiger partial charge >= 0.3 is 5.97 Å². The van der Waals surface area contributed by atoms with E-state index in [9.17, 15) is 9.59 Å². The predicted molar refractivity (Wildman–Crippen MR) is 65.8 cm³/mol. The van der Waals surface area contributed by atoms with Crippen LogP contribution in [0.15, 0.2) is 28.7 Å². The monoisotopic (exact) mass is 297 g/mol. The molecule has 1 fully saturated rings. The lowest BCUT2D eigenvalue weighted by Gasteiger charge is -2.13. The predicted octanol–water partition coefficient (Wildman–Crippen LogP) is 2.04. The van der Waals surface area contributed by atoms with Crippen molar-refractivity contribution in [1.82, 2.24) is 5.32 Å². The summed E-state index contributed by atoms with van der Waals surface area (Å²) >= 11 is 3.28. The van der Waals surface area contributed by atoms with Crippen LogP contribution < -0.4 is 5.32 Å². The van der Waals surface area contributed by atoms with Gasteiger partial charge in [0.1, 0.15) is 6.04 Å². The van der Waals surface area contributed by atoms with Gasteiger partial charge in [0, 0.05) is 10.0 Å². The molecule has 0 radical (unpaired) electrons. The highest BCUT2D eigenvalue weighted by molar-refractivity contribution is 9.10. The highest BCUT2D eigenvalue weighted by Crippen LogP contribution is 2.32. The van der Waals surface area contributed by atoms with Crippen molar-refractivity contribution in [2.45, 2.75) is 18.9 Å². The summed E-state index contributed by atoms with van der Waals surface area (Å²) in [4.78, 5) is 22.8. The third kappa shape index (κ3) is 3.06. The first kappa shape index (κ1) is 12.1. The van der Waals surface area contributed by atoms with Crippen molar-refractivity contribution in [3.05, 3.63) is 34.3 Å². The summed E-state index contributed by atoms with van der Waals surface area (Å²) in [5, 5.41) is 11.6. The molecule has 1 aliphatic carbocycles. The summed E-state index contributed by atoms with van der Waals surface area (Å²) < 4.78 is 0.881. The van der Waals surface area contributed by atoms with Crippen molar-refractivity contribution in [2.75, 3.05) is 0 Å². The Bertz CT molecular complexity index is 440. The number of benzene rings is 1. The zero-order valence-corrected chi connectivity index (χ0v) is 10.6. The van der Waals surface area contributed by atoms with Gasteiger partial charge in [-0.2, -0.15) is 0 Å². The molecule has 1 unspecified atom stereocenters. The quantitative estimate of drug-likeness (QED) is 0.894. The Morgan fingerprint density at radius 1 is 1.29 bits per heavy atom. The molecule has 2 rings (SSSR count). The summed E-state index contributed by atoms with van der Waals surface area (Å²) in [7, 11) is 0. The van der Waals surface area contributed by atoms with Gasteiger partial charge in [0.2, 0.25) is 0 Å². The van der Waals surface area contributed by atoms with Crippen LogP contribution in [0.4, 0.5) is 0 Å². The fourth-order valence-corrected chi connectivity index (χ4v) is 1.90. The first-order valence-electron chi connectivity index (χ1n) is 5.37. The van der Waals surface area contributed by atoms with Crippen LogP contribution in [0, 0.1) is 5.92 Å². The maximum Gasteiger partial charge on any atom is 0.326 e. The summed E-state index contributed by atoms with van der Waals surface area (Å²) in [5.41, 5.74) is 0.472. The zero-order chi connectivity index (χ0) is 12.4. The smallest absolute Gasteiger partial charge is 0.326 e. The molecule has 1 saturated carbocycles. The average Bonchev–Trinajstić information content (AvgIpc) is 3.10. The molecule has 2 N–H and O–H groups in total. The van der Waals surface area contributed by atoms with Gasteiger partial charge in [-0.1, -0.05) is 15.9 Å². The fourth-order valence-electron chi connectivity index (χ4n) is 1.64. The topological polar surface area (TPSA) is 66.4 Å². The lowest BCUT2D eigenvalue weighted by Crippen LogP contribution is -2.42. The number of halogens is 1. The van der Waals surface area contributed by atoms with Crippen LogP contribution in [-0.4, -0.2) is 23.0 Å². The van der Waals surface area contributed by atoms with E-state index in [4.69, 9.17) is 5.11 Å². The standard InChI is InChI=1S/C12H12BrNO3/c13-9-5-3-8(4-6-9)11(15)14-10(12(16)17)7-1-2-7/h3-7,10H,1-2H2,(H,14,15)(H,16,17). The number of carboxylic acid groups (broad SMARTS) is 1. The first-order valence-corrected chi connectivity index (χ1v) is 6.16. The lowest BCUT2D eigenvalue weighted by atomic mass is 10.1. The summed E-state index contributed by atoms with van der Waals surface area (Å²) in [6.45, 7) is 0. The molecular formula is C12H12BrNO3. The van der Waals surface area contributed by atoms with Gasteiger partial charge in [-0.25, -0.2) is 4.79 Å². The average molecular weight is 298 g/mol. The van der Waals surface area contributed by atoms with Crippen LogP contribution in [0.2, 0.25) is 0 Å². The molecule has 90 valence electrons. The highest BCUT2D eigenvalue weighted by Gasteiger charge is 2.37. The SMILES string of the molecule is O=C(NC(C(=O)O)C1CC1)c1ccc(Br)cc1. The summed E-state index contributed by atoms with van der Waals surface area (Å²) in [6, 6.07) is 6.06. The Hall–Kier alpha value is -1.36. The number of amides is 1. The van der Waals surface area contributed by atoms with Crippen molar-refractivity contribution >= 4 is 27.8 Å². The van der Waals surface area contributed by atoms with E-state index in [-0.39, 0.29) is 11.8 Å². The Morgan fingerprint density at radius 2 is 1.88 bits per heavy atom. The van der Waals surface area contributed by atoms with Gasteiger partial charge in [-0.05, 0) is 43.0 Å². The molecule has 5 heteroatoms. The fraction of sp³-hybridized carbons (Fsp3) is 0.333. The molecule has 0 bridgehead atoms. The Morgan fingerprint density at radius 3 is 2.35 bits per heavy atom. The molecule has 1 aromatic carbocycles. The number of nitrogens with one attached hydrogen (secondary N) is 1. The molecule has 1 amide bonds. The van der Waals surface area contributed by atoms with Crippen LogP contribution in [0.3, 0.4) is 0 Å². The Balaban J connectivity index is 2.04. The largest absolute Gasteiger partial charge is 0.480 e. The number of carbonyl (C=O) groups is 2. The van der Waals surface area contributed by atoms with E-state index >= 15 is 0 Å². The van der Waals surface area contributed by atoms with E-state index in [0.717, 1.165) is 17.3 Å². The van der Waals surface area contributed by atoms with Crippen molar-refractivity contribution < 1.29 is 14.7 Å². The van der Waals surface area contributed by atoms with Crippen LogP contribution in [-0.2, 0) is 4.79 Å². The maximum absolute atomic E-state index is 11.8. The third-order valence-corrected chi connectivity index (χ3v) is 3.28. The molecule has 0 aromatic heterocycles. The minimum atomic E-state index is -0.960. The lowest BCUT2D eigenvalue weighted by molar-refractivity contribution is -0.139. The second-order valence-electron chi connectivity index (χ2n) is 4.13. The second-order valence-corrected chi connectivity index (χ2v) is 5.05. The van der Waals surface area contributed by atoms with Crippen LogP contribution >= 0.6 is 15.9 Å². The number of hydrogen-bond donors (Lipinski definition) is 2. The van der Waals surface area contributed by atoms with E-state index < -0.39 is 12.0 Å². The summed E-state index contributed by atoms with van der Waals surface area (Å²) in [5.74, 6) is -1.21. The van der Waals surface area contributed by atoms with Gasteiger partial charge in [-0.15, -0.1) is 0 Å². The molecule has 0 aliphatic heterocycles. The minimum Gasteiger partial charge on any atom is -0.480 e. The number of aliphatic carboxylic acids is 1. The molecule has 0 heterocycles. The highest BCUT2D eigenvalue weighted by atomic mass is 79.9. The Labute approximate surface area is 107 Å².